The minimum absolute atomic E-state index is 0.0334. The summed E-state index contributed by atoms with van der Waals surface area (Å²) in [5.41, 5.74) is 0.658. The first-order valence-electron chi connectivity index (χ1n) is 11.1. The lowest BCUT2D eigenvalue weighted by molar-refractivity contribution is -0.140. The van der Waals surface area contributed by atoms with Crippen LogP contribution in [0.4, 0.5) is 0 Å². The number of rotatable bonds is 4. The molecule has 1 aromatic carbocycles. The van der Waals surface area contributed by atoms with Crippen LogP contribution in [0.3, 0.4) is 0 Å². The van der Waals surface area contributed by atoms with Crippen LogP contribution in [0, 0.1) is 0 Å². The molecule has 2 amide bonds. The van der Waals surface area contributed by atoms with Gasteiger partial charge in [-0.2, -0.15) is 4.31 Å². The molecule has 9 nitrogen and oxygen atoms in total. The summed E-state index contributed by atoms with van der Waals surface area (Å²) in [5, 5.41) is 1.24. The normalized spacial score (nSPS) is 25.3. The van der Waals surface area contributed by atoms with E-state index in [4.69, 9.17) is 16.3 Å². The van der Waals surface area contributed by atoms with Crippen LogP contribution >= 0.6 is 23.4 Å². The second-order valence-electron chi connectivity index (χ2n) is 9.29. The van der Waals surface area contributed by atoms with Crippen LogP contribution in [0.25, 0.3) is 10.9 Å². The molecule has 0 aliphatic carbocycles. The first kappa shape index (κ1) is 23.9. The maximum Gasteiger partial charge on any atom is 0.259 e. The predicted molar refractivity (Wildman–Crippen MR) is 130 cm³/mol. The Bertz CT molecular complexity index is 1260. The Kier molecular flexibility index (Phi) is 5.92. The number of thioether (sulfide) groups is 1. The number of hydrogen-bond donors (Lipinski definition) is 1. The Labute approximate surface area is 207 Å². The van der Waals surface area contributed by atoms with Crippen molar-refractivity contribution in [3.8, 4) is 0 Å². The van der Waals surface area contributed by atoms with Crippen molar-refractivity contribution in [2.24, 2.45) is 0 Å². The number of hydrogen-bond acceptors (Lipinski definition) is 6. The van der Waals surface area contributed by atoms with Crippen molar-refractivity contribution in [3.05, 3.63) is 29.3 Å². The molecular weight excluding hydrogens is 500 g/mol. The number of benzene rings is 1. The lowest BCUT2D eigenvalue weighted by atomic mass is 9.94. The second kappa shape index (κ2) is 8.41. The Morgan fingerprint density at radius 2 is 1.97 bits per heavy atom. The van der Waals surface area contributed by atoms with E-state index in [9.17, 15) is 18.0 Å². The van der Waals surface area contributed by atoms with Crippen LogP contribution in [0.2, 0.25) is 5.02 Å². The summed E-state index contributed by atoms with van der Waals surface area (Å²) >= 11 is 7.70. The van der Waals surface area contributed by atoms with Gasteiger partial charge in [0.2, 0.25) is 11.8 Å². The van der Waals surface area contributed by atoms with Crippen molar-refractivity contribution in [2.45, 2.75) is 34.4 Å². The lowest BCUT2D eigenvalue weighted by Gasteiger charge is -2.44. The zero-order valence-corrected chi connectivity index (χ0v) is 21.4. The summed E-state index contributed by atoms with van der Waals surface area (Å²) in [6.45, 7) is 3.49. The van der Waals surface area contributed by atoms with Crippen LogP contribution < -0.4 is 0 Å². The van der Waals surface area contributed by atoms with Crippen LogP contribution in [0.1, 0.15) is 19.8 Å². The summed E-state index contributed by atoms with van der Waals surface area (Å²) < 4.78 is 33.8. The zero-order chi connectivity index (χ0) is 24.3. The monoisotopic (exact) mass is 526 g/mol. The second-order valence-corrected chi connectivity index (χ2v) is 13.5. The van der Waals surface area contributed by atoms with Crippen molar-refractivity contribution >= 4 is 56.1 Å². The number of amides is 2. The van der Waals surface area contributed by atoms with Crippen molar-refractivity contribution < 1.29 is 22.7 Å². The number of aromatic nitrogens is 1. The van der Waals surface area contributed by atoms with Crippen LogP contribution in [-0.2, 0) is 24.3 Å². The van der Waals surface area contributed by atoms with E-state index in [2.05, 4.69) is 4.98 Å². The molecule has 3 aliphatic heterocycles. The van der Waals surface area contributed by atoms with E-state index in [-0.39, 0.29) is 41.3 Å². The topological polar surface area (TPSA) is 103 Å². The van der Waals surface area contributed by atoms with Gasteiger partial charge in [0, 0.05) is 60.9 Å². The highest BCUT2D eigenvalue weighted by Crippen LogP contribution is 2.54. The number of fused-ring (bicyclic) bond motifs is 2. The number of carbonyl (C=O) groups is 2. The highest BCUT2D eigenvalue weighted by molar-refractivity contribution is 8.02. The van der Waals surface area contributed by atoms with Gasteiger partial charge in [-0.15, -0.1) is 11.8 Å². The number of piperidine rings is 1. The fourth-order valence-corrected chi connectivity index (χ4v) is 9.10. The number of methoxy groups -OCH3 is 1. The first-order chi connectivity index (χ1) is 16.1. The van der Waals surface area contributed by atoms with Gasteiger partial charge in [-0.1, -0.05) is 11.6 Å². The number of piperazine rings is 1. The van der Waals surface area contributed by atoms with E-state index in [1.807, 2.05) is 9.80 Å². The van der Waals surface area contributed by atoms with Gasteiger partial charge in [-0.25, -0.2) is 8.42 Å². The molecule has 3 saturated heterocycles. The maximum absolute atomic E-state index is 13.6. The smallest absolute Gasteiger partial charge is 0.259 e. The van der Waals surface area contributed by atoms with Crippen molar-refractivity contribution in [3.63, 3.8) is 0 Å². The fourth-order valence-electron chi connectivity index (χ4n) is 5.32. The highest BCUT2D eigenvalue weighted by atomic mass is 35.5. The van der Waals surface area contributed by atoms with E-state index < -0.39 is 14.9 Å². The number of nitrogens with one attached hydrogen (secondary N) is 1. The number of H-pyrrole nitrogens is 1. The zero-order valence-electron chi connectivity index (χ0n) is 19.0. The lowest BCUT2D eigenvalue weighted by Crippen LogP contribution is -2.63. The number of carbonyl (C=O) groups excluding carboxylic acids is 2. The Morgan fingerprint density at radius 3 is 2.65 bits per heavy atom. The van der Waals surface area contributed by atoms with E-state index in [0.717, 1.165) is 12.8 Å². The fraction of sp³-hybridized carbons (Fsp3) is 0.545. The predicted octanol–water partition coefficient (Wildman–Crippen LogP) is 2.12. The molecule has 12 heteroatoms. The van der Waals surface area contributed by atoms with E-state index in [0.29, 0.717) is 35.6 Å². The molecule has 0 saturated carbocycles. The molecule has 34 heavy (non-hydrogen) atoms. The first-order valence-corrected chi connectivity index (χ1v) is 13.7. The molecule has 0 radical (unpaired) electrons. The minimum atomic E-state index is -3.96. The molecule has 1 atom stereocenters. The molecule has 1 unspecified atom stereocenters. The summed E-state index contributed by atoms with van der Waals surface area (Å²) in [6.07, 6.45) is 1.50. The maximum atomic E-state index is 13.6. The summed E-state index contributed by atoms with van der Waals surface area (Å²) in [7, 11) is -2.40. The van der Waals surface area contributed by atoms with Gasteiger partial charge < -0.3 is 19.5 Å². The van der Waals surface area contributed by atoms with Crippen molar-refractivity contribution in [1.29, 1.82) is 0 Å². The van der Waals surface area contributed by atoms with Crippen LogP contribution in [0.5, 0.6) is 0 Å². The van der Waals surface area contributed by atoms with Gasteiger partial charge in [0.15, 0.2) is 0 Å². The molecule has 1 aromatic heterocycles. The van der Waals surface area contributed by atoms with Gasteiger partial charge in [0.05, 0.1) is 13.2 Å². The quantitative estimate of drug-likeness (QED) is 0.654. The van der Waals surface area contributed by atoms with Crippen LogP contribution in [0.15, 0.2) is 29.3 Å². The largest absolute Gasteiger partial charge is 0.381 e. The number of aromatic amines is 1. The molecular formula is C22H27ClN4O5S2. The average molecular weight is 527 g/mol. The van der Waals surface area contributed by atoms with Gasteiger partial charge in [0.25, 0.3) is 10.0 Å². The van der Waals surface area contributed by atoms with Crippen molar-refractivity contribution in [1.82, 2.24) is 19.1 Å². The standard InChI is InChI=1S/C22H27ClN4O5S2/c1-15(28)25-7-5-21(6-8-25)12-27-20(29)11-26(13-22(27,33-21)14-32-2)34(30,31)19-10-16-9-17(23)3-4-18(16)24-19/h3-4,9-10,24H,5-8,11-14H2,1-2H3. The molecule has 184 valence electrons. The van der Waals surface area contributed by atoms with Gasteiger partial charge >= 0.3 is 0 Å². The summed E-state index contributed by atoms with van der Waals surface area (Å²) in [6, 6.07) is 6.68. The van der Waals surface area contributed by atoms with E-state index >= 15 is 0 Å². The minimum Gasteiger partial charge on any atom is -0.381 e. The van der Waals surface area contributed by atoms with Gasteiger partial charge in [0.1, 0.15) is 9.90 Å². The van der Waals surface area contributed by atoms with E-state index in [1.54, 1.807) is 50.1 Å². The molecule has 3 aliphatic rings. The van der Waals surface area contributed by atoms with Gasteiger partial charge in [-0.3, -0.25) is 9.59 Å². The number of nitrogens with zero attached hydrogens (tertiary/aromatic N) is 3. The highest BCUT2D eigenvalue weighted by Gasteiger charge is 2.60. The number of halogens is 1. The molecule has 0 bridgehead atoms. The third kappa shape index (κ3) is 3.91. The molecule has 2 aromatic rings. The molecule has 4 heterocycles. The number of sulfonamides is 1. The van der Waals surface area contributed by atoms with Crippen LogP contribution in [-0.4, -0.2) is 95.4 Å². The van der Waals surface area contributed by atoms with Crippen molar-refractivity contribution in [2.75, 3.05) is 46.4 Å². The molecule has 1 N–H and O–H groups in total. The molecule has 3 fully saturated rings. The summed E-state index contributed by atoms with van der Waals surface area (Å²) in [5.74, 6) is -0.181. The SMILES string of the molecule is COCC12CN(S(=O)(=O)c3cc4cc(Cl)ccc4[nH]3)CC(=O)N1CC1(CCN(C(C)=O)CC1)S2. The summed E-state index contributed by atoms with van der Waals surface area (Å²) in [4.78, 5) is 30.9. The number of likely N-dealkylation sites (tertiary alicyclic amines) is 1. The Morgan fingerprint density at radius 1 is 1.24 bits per heavy atom. The molecule has 5 rings (SSSR count). The van der Waals surface area contributed by atoms with E-state index in [1.165, 1.54) is 4.31 Å². The average Bonchev–Trinajstić information content (AvgIpc) is 3.34. The molecule has 1 spiro atoms. The Balaban J connectivity index is 1.45. The third-order valence-electron chi connectivity index (χ3n) is 7.05. The third-order valence-corrected chi connectivity index (χ3v) is 10.8. The number of ether oxygens (including phenoxy) is 1. The Hall–Kier alpha value is -1.79. The van der Waals surface area contributed by atoms with Gasteiger partial charge in [-0.05, 0) is 37.1 Å².